The van der Waals surface area contributed by atoms with Crippen molar-refractivity contribution in [2.24, 2.45) is 7.05 Å². The molecule has 2 aliphatic rings. The second-order valence-corrected chi connectivity index (χ2v) is 8.62. The molecule has 1 aromatic heterocycles. The second-order valence-electron chi connectivity index (χ2n) is 8.62. The predicted octanol–water partition coefficient (Wildman–Crippen LogP) is 3.99. The van der Waals surface area contributed by atoms with Crippen LogP contribution in [0.1, 0.15) is 47.3 Å². The minimum Gasteiger partial charge on any atom is -0.341 e. The van der Waals surface area contributed by atoms with Gasteiger partial charge in [0.05, 0.1) is 17.9 Å². The summed E-state index contributed by atoms with van der Waals surface area (Å²) in [6, 6.07) is 8.89. The molecule has 1 saturated carbocycles. The van der Waals surface area contributed by atoms with Crippen molar-refractivity contribution in [3.05, 3.63) is 47.2 Å². The number of carbonyl (C=O) groups excluding carboxylic acids is 3. The van der Waals surface area contributed by atoms with Crippen molar-refractivity contribution in [2.45, 2.75) is 51.0 Å². The summed E-state index contributed by atoms with van der Waals surface area (Å²) in [6.45, 7) is 3.47. The highest BCUT2D eigenvalue weighted by molar-refractivity contribution is 6.11. The number of benzene rings is 1. The van der Waals surface area contributed by atoms with Crippen molar-refractivity contribution < 1.29 is 23.2 Å². The van der Waals surface area contributed by atoms with Crippen LogP contribution in [0.15, 0.2) is 30.3 Å². The quantitative estimate of drug-likeness (QED) is 0.590. The van der Waals surface area contributed by atoms with Gasteiger partial charge in [-0.05, 0) is 43.9 Å². The molecule has 0 atom stereocenters. The van der Waals surface area contributed by atoms with Crippen molar-refractivity contribution in [3.63, 3.8) is 0 Å². The van der Waals surface area contributed by atoms with Crippen LogP contribution in [-0.4, -0.2) is 45.2 Å². The van der Waals surface area contributed by atoms with Crippen LogP contribution in [0.3, 0.4) is 0 Å². The van der Waals surface area contributed by atoms with Crippen LogP contribution in [0.2, 0.25) is 0 Å². The molecular weight excluding hydrogens is 404 g/mol. The van der Waals surface area contributed by atoms with Gasteiger partial charge >= 0.3 is 6.03 Å². The highest BCUT2D eigenvalue weighted by atomic mass is 19.3. The topological polar surface area (TPSA) is 71.4 Å². The van der Waals surface area contributed by atoms with E-state index in [1.165, 1.54) is 0 Å². The zero-order chi connectivity index (χ0) is 22.6. The molecule has 0 bridgehead atoms. The number of halogens is 2. The third-order valence-corrected chi connectivity index (χ3v) is 6.49. The third-order valence-electron chi connectivity index (χ3n) is 6.49. The van der Waals surface area contributed by atoms with Gasteiger partial charge in [0.2, 0.25) is 5.92 Å². The third kappa shape index (κ3) is 3.54. The van der Waals surface area contributed by atoms with E-state index in [1.807, 2.05) is 38.1 Å². The molecule has 0 unspecified atom stereocenters. The van der Waals surface area contributed by atoms with Gasteiger partial charge in [-0.15, -0.1) is 0 Å². The van der Waals surface area contributed by atoms with Crippen LogP contribution in [-0.2, 0) is 11.8 Å². The van der Waals surface area contributed by atoms with Crippen LogP contribution in [0.4, 0.5) is 13.6 Å². The van der Waals surface area contributed by atoms with E-state index in [-0.39, 0.29) is 18.6 Å². The lowest BCUT2D eigenvalue weighted by atomic mass is 9.80. The maximum Gasteiger partial charge on any atom is 0.325 e. The molecule has 164 valence electrons. The summed E-state index contributed by atoms with van der Waals surface area (Å²) in [5.74, 6) is -3.80. The fraction of sp³-hybridized carbons (Fsp3) is 0.435. The van der Waals surface area contributed by atoms with Gasteiger partial charge in [0.1, 0.15) is 5.54 Å². The number of imide groups is 1. The molecule has 1 aliphatic heterocycles. The fourth-order valence-electron chi connectivity index (χ4n) is 4.68. The number of urea groups is 1. The lowest BCUT2D eigenvalue weighted by Gasteiger charge is -2.34. The van der Waals surface area contributed by atoms with Crippen molar-refractivity contribution >= 4 is 17.7 Å². The Balaban J connectivity index is 1.57. The number of ketones is 1. The van der Waals surface area contributed by atoms with Crippen molar-refractivity contribution in [2.75, 3.05) is 6.54 Å². The van der Waals surface area contributed by atoms with Crippen LogP contribution in [0.5, 0.6) is 0 Å². The number of rotatable bonds is 4. The number of alkyl halides is 2. The minimum atomic E-state index is -2.83. The molecule has 1 saturated heterocycles. The first-order chi connectivity index (χ1) is 14.5. The number of carbonyl (C=O) groups is 3. The molecule has 2 aromatic rings. The van der Waals surface area contributed by atoms with Crippen LogP contribution < -0.4 is 5.32 Å². The molecule has 1 N–H and O–H groups in total. The Labute approximate surface area is 179 Å². The summed E-state index contributed by atoms with van der Waals surface area (Å²) in [6.07, 6.45) is -1.18. The van der Waals surface area contributed by atoms with E-state index in [0.717, 1.165) is 27.3 Å². The molecule has 8 heteroatoms. The Hall–Kier alpha value is -3.03. The Morgan fingerprint density at radius 3 is 2.35 bits per heavy atom. The first-order valence-electron chi connectivity index (χ1n) is 10.3. The fourth-order valence-corrected chi connectivity index (χ4v) is 4.68. The van der Waals surface area contributed by atoms with Crippen molar-refractivity contribution in [1.82, 2.24) is 14.8 Å². The number of Topliss-reactive ketones (excluding diaryl/α,β-unsaturated/α-hetero) is 1. The Bertz CT molecular complexity index is 1080. The Kier molecular flexibility index (Phi) is 4.98. The van der Waals surface area contributed by atoms with Gasteiger partial charge in [-0.25, -0.2) is 13.6 Å². The SMILES string of the molecule is Cc1ccccc1-c1c(C)cc(C(=O)CN2C(=O)NC3(CCC(F)(F)CC3)C2=O)n1C. The maximum atomic E-state index is 13.6. The molecule has 1 spiro atoms. The number of hydrogen-bond donors (Lipinski definition) is 1. The normalized spacial score (nSPS) is 19.7. The minimum absolute atomic E-state index is 0.129. The summed E-state index contributed by atoms with van der Waals surface area (Å²) < 4.78 is 28.9. The highest BCUT2D eigenvalue weighted by Gasteiger charge is 2.55. The Morgan fingerprint density at radius 1 is 1.06 bits per heavy atom. The largest absolute Gasteiger partial charge is 0.341 e. The molecule has 1 aliphatic carbocycles. The van der Waals surface area contributed by atoms with E-state index >= 15 is 0 Å². The van der Waals surface area contributed by atoms with E-state index in [4.69, 9.17) is 0 Å². The van der Waals surface area contributed by atoms with Gasteiger partial charge in [0.15, 0.2) is 5.78 Å². The summed E-state index contributed by atoms with van der Waals surface area (Å²) in [7, 11) is 1.78. The number of nitrogens with zero attached hydrogens (tertiary/aromatic N) is 2. The summed E-state index contributed by atoms with van der Waals surface area (Å²) in [4.78, 5) is 39.3. The van der Waals surface area contributed by atoms with Gasteiger partial charge < -0.3 is 9.88 Å². The molecule has 31 heavy (non-hydrogen) atoms. The first kappa shape index (κ1) is 21.2. The van der Waals surface area contributed by atoms with Crippen LogP contribution in [0.25, 0.3) is 11.3 Å². The maximum absolute atomic E-state index is 13.6. The lowest BCUT2D eigenvalue weighted by molar-refractivity contribution is -0.135. The number of hydrogen-bond acceptors (Lipinski definition) is 3. The van der Waals surface area contributed by atoms with Crippen LogP contribution in [0, 0.1) is 13.8 Å². The summed E-state index contributed by atoms with van der Waals surface area (Å²) in [5.41, 5.74) is 2.92. The molecule has 0 radical (unpaired) electrons. The smallest absolute Gasteiger partial charge is 0.325 e. The van der Waals surface area contributed by atoms with E-state index in [9.17, 15) is 23.2 Å². The average Bonchev–Trinajstić information content (AvgIpc) is 3.13. The molecule has 6 nitrogen and oxygen atoms in total. The van der Waals surface area contributed by atoms with Crippen LogP contribution >= 0.6 is 0 Å². The van der Waals surface area contributed by atoms with E-state index in [0.29, 0.717) is 5.69 Å². The monoisotopic (exact) mass is 429 g/mol. The number of aromatic nitrogens is 1. The number of amides is 3. The number of aryl methyl sites for hydroxylation is 2. The molecule has 4 rings (SSSR count). The average molecular weight is 429 g/mol. The molecule has 2 fully saturated rings. The van der Waals surface area contributed by atoms with Gasteiger partial charge in [-0.3, -0.25) is 14.5 Å². The zero-order valence-electron chi connectivity index (χ0n) is 17.8. The Morgan fingerprint density at radius 2 is 1.71 bits per heavy atom. The molecule has 2 heterocycles. The predicted molar refractivity (Wildman–Crippen MR) is 111 cm³/mol. The molecule has 3 amide bonds. The van der Waals surface area contributed by atoms with Crippen molar-refractivity contribution in [3.8, 4) is 11.3 Å². The first-order valence-corrected chi connectivity index (χ1v) is 10.3. The van der Waals surface area contributed by atoms with E-state index < -0.39 is 42.8 Å². The molecular formula is C23H25F2N3O3. The zero-order valence-corrected chi connectivity index (χ0v) is 17.8. The molecule has 1 aromatic carbocycles. The number of nitrogens with one attached hydrogen (secondary N) is 1. The standard InChI is InChI=1S/C23H25F2N3O3/c1-14-6-4-5-7-16(14)19-15(2)12-17(27(19)3)18(29)13-28-20(30)22(26-21(28)31)8-10-23(24,25)11-9-22/h4-7,12H,8-11,13H2,1-3H3,(H,26,31). The second kappa shape index (κ2) is 7.28. The van der Waals surface area contributed by atoms with Crippen molar-refractivity contribution in [1.29, 1.82) is 0 Å². The summed E-state index contributed by atoms with van der Waals surface area (Å²) in [5, 5.41) is 2.57. The van der Waals surface area contributed by atoms with Gasteiger partial charge in [-0.2, -0.15) is 0 Å². The van der Waals surface area contributed by atoms with Gasteiger partial charge in [-0.1, -0.05) is 24.3 Å². The van der Waals surface area contributed by atoms with E-state index in [2.05, 4.69) is 5.32 Å². The lowest BCUT2D eigenvalue weighted by Crippen LogP contribution is -2.51. The van der Waals surface area contributed by atoms with E-state index in [1.54, 1.807) is 17.7 Å². The summed E-state index contributed by atoms with van der Waals surface area (Å²) >= 11 is 0. The highest BCUT2D eigenvalue weighted by Crippen LogP contribution is 2.41. The van der Waals surface area contributed by atoms with Gasteiger partial charge in [0.25, 0.3) is 5.91 Å². The van der Waals surface area contributed by atoms with Gasteiger partial charge in [0, 0.05) is 25.5 Å².